The molecule has 0 radical (unpaired) electrons. The van der Waals surface area contributed by atoms with E-state index < -0.39 is 11.9 Å². The number of aliphatic carboxylic acids is 1. The highest BCUT2D eigenvalue weighted by atomic mass is 32.1. The van der Waals surface area contributed by atoms with Crippen LogP contribution in [0.1, 0.15) is 31.7 Å². The Morgan fingerprint density at radius 2 is 2.15 bits per heavy atom. The molecule has 5 nitrogen and oxygen atoms in total. The highest BCUT2D eigenvalue weighted by Crippen LogP contribution is 2.36. The Labute approximate surface area is 122 Å². The zero-order chi connectivity index (χ0) is 14.7. The number of amides is 1. The molecule has 0 aliphatic heterocycles. The molecule has 2 atom stereocenters. The van der Waals surface area contributed by atoms with Gasteiger partial charge < -0.3 is 10.0 Å². The molecule has 1 aromatic heterocycles. The second-order valence-electron chi connectivity index (χ2n) is 5.43. The van der Waals surface area contributed by atoms with E-state index in [4.69, 9.17) is 5.11 Å². The number of carbonyl (C=O) groups excluding carboxylic acids is 1. The minimum Gasteiger partial charge on any atom is -0.481 e. The highest BCUT2D eigenvalue weighted by Gasteiger charge is 2.43. The molecule has 0 spiro atoms. The van der Waals surface area contributed by atoms with Crippen LogP contribution in [0.2, 0.25) is 0 Å². The van der Waals surface area contributed by atoms with Crippen LogP contribution in [0.5, 0.6) is 0 Å². The summed E-state index contributed by atoms with van der Waals surface area (Å²) in [6.45, 7) is 4.54. The Morgan fingerprint density at radius 1 is 1.45 bits per heavy atom. The van der Waals surface area contributed by atoms with E-state index in [-0.39, 0.29) is 17.9 Å². The quantitative estimate of drug-likeness (QED) is 0.872. The second kappa shape index (κ2) is 6.35. The van der Waals surface area contributed by atoms with Gasteiger partial charge in [0.25, 0.3) is 0 Å². The largest absolute Gasteiger partial charge is 0.481 e. The first kappa shape index (κ1) is 15.0. The van der Waals surface area contributed by atoms with Crippen molar-refractivity contribution >= 4 is 23.2 Å². The molecule has 1 amide bonds. The maximum atomic E-state index is 12.5. The number of thiazole rings is 1. The number of hydrogen-bond donors (Lipinski definition) is 1. The summed E-state index contributed by atoms with van der Waals surface area (Å²) in [5, 5.41) is 12.0. The molecule has 1 aliphatic carbocycles. The SMILES string of the molecule is CC(C)N(CCc1nccs1)C(=O)C1CCC1C(=O)O. The third-order valence-corrected chi connectivity index (χ3v) is 4.70. The van der Waals surface area contributed by atoms with Crippen molar-refractivity contribution in [2.75, 3.05) is 6.54 Å². The van der Waals surface area contributed by atoms with Gasteiger partial charge in [-0.05, 0) is 26.7 Å². The number of aromatic nitrogens is 1. The third kappa shape index (κ3) is 3.17. The van der Waals surface area contributed by atoms with E-state index in [2.05, 4.69) is 4.98 Å². The van der Waals surface area contributed by atoms with Crippen molar-refractivity contribution in [1.29, 1.82) is 0 Å². The van der Waals surface area contributed by atoms with Gasteiger partial charge in [0, 0.05) is 30.6 Å². The first-order valence-corrected chi connectivity index (χ1v) is 7.80. The molecule has 0 saturated heterocycles. The Hall–Kier alpha value is -1.43. The highest BCUT2D eigenvalue weighted by molar-refractivity contribution is 7.09. The minimum atomic E-state index is -0.849. The van der Waals surface area contributed by atoms with Gasteiger partial charge in [-0.1, -0.05) is 0 Å². The summed E-state index contributed by atoms with van der Waals surface area (Å²) in [4.78, 5) is 29.5. The fourth-order valence-corrected chi connectivity index (χ4v) is 3.13. The number of carboxylic acid groups (broad SMARTS) is 1. The van der Waals surface area contributed by atoms with E-state index in [1.807, 2.05) is 19.2 Å². The molecule has 2 rings (SSSR count). The van der Waals surface area contributed by atoms with Gasteiger partial charge in [-0.2, -0.15) is 0 Å². The smallest absolute Gasteiger partial charge is 0.307 e. The molecule has 1 saturated carbocycles. The Balaban J connectivity index is 1.97. The van der Waals surface area contributed by atoms with Crippen LogP contribution in [0.15, 0.2) is 11.6 Å². The molecule has 2 unspecified atom stereocenters. The average Bonchev–Trinajstić information content (AvgIpc) is 2.79. The summed E-state index contributed by atoms with van der Waals surface area (Å²) in [7, 11) is 0. The Kier molecular flexibility index (Phi) is 4.75. The van der Waals surface area contributed by atoms with Crippen LogP contribution >= 0.6 is 11.3 Å². The fourth-order valence-electron chi connectivity index (χ4n) is 2.52. The minimum absolute atomic E-state index is 0.0183. The van der Waals surface area contributed by atoms with Crippen LogP contribution in [0, 0.1) is 11.8 Å². The summed E-state index contributed by atoms with van der Waals surface area (Å²) < 4.78 is 0. The molecule has 1 aromatic rings. The maximum absolute atomic E-state index is 12.5. The van der Waals surface area contributed by atoms with Crippen molar-refractivity contribution in [3.8, 4) is 0 Å². The molecule has 20 heavy (non-hydrogen) atoms. The van der Waals surface area contributed by atoms with E-state index in [1.54, 1.807) is 22.4 Å². The van der Waals surface area contributed by atoms with Gasteiger partial charge in [0.1, 0.15) is 0 Å². The van der Waals surface area contributed by atoms with Crippen LogP contribution in [0.3, 0.4) is 0 Å². The summed E-state index contributed by atoms with van der Waals surface area (Å²) >= 11 is 1.58. The normalized spacial score (nSPS) is 21.6. The van der Waals surface area contributed by atoms with Gasteiger partial charge >= 0.3 is 5.97 Å². The lowest BCUT2D eigenvalue weighted by atomic mass is 9.72. The lowest BCUT2D eigenvalue weighted by Crippen LogP contribution is -2.49. The Bertz CT molecular complexity index is 473. The van der Waals surface area contributed by atoms with Gasteiger partial charge in [0.05, 0.1) is 16.8 Å². The van der Waals surface area contributed by atoms with Crippen LogP contribution in [0.25, 0.3) is 0 Å². The average molecular weight is 296 g/mol. The van der Waals surface area contributed by atoms with Crippen molar-refractivity contribution in [3.63, 3.8) is 0 Å². The van der Waals surface area contributed by atoms with Gasteiger partial charge in [-0.25, -0.2) is 4.98 Å². The standard InChI is InChI=1S/C14H20N2O3S/c1-9(2)16(7-5-12-15-6-8-20-12)13(17)10-3-4-11(10)14(18)19/h6,8-11H,3-5,7H2,1-2H3,(H,18,19). The summed E-state index contributed by atoms with van der Waals surface area (Å²) in [5.41, 5.74) is 0. The zero-order valence-electron chi connectivity index (χ0n) is 11.8. The molecule has 1 fully saturated rings. The Morgan fingerprint density at radius 3 is 2.60 bits per heavy atom. The van der Waals surface area contributed by atoms with Crippen molar-refractivity contribution in [2.45, 2.75) is 39.2 Å². The topological polar surface area (TPSA) is 70.5 Å². The predicted octanol–water partition coefficient (Wildman–Crippen LogP) is 2.03. The summed E-state index contributed by atoms with van der Waals surface area (Å²) in [6, 6.07) is 0.0810. The van der Waals surface area contributed by atoms with Crippen LogP contribution in [-0.4, -0.2) is 39.5 Å². The van der Waals surface area contributed by atoms with Crippen molar-refractivity contribution in [2.24, 2.45) is 11.8 Å². The van der Waals surface area contributed by atoms with Crippen LogP contribution in [0.4, 0.5) is 0 Å². The van der Waals surface area contributed by atoms with Crippen molar-refractivity contribution in [3.05, 3.63) is 16.6 Å². The lowest BCUT2D eigenvalue weighted by molar-refractivity contribution is -0.157. The van der Waals surface area contributed by atoms with E-state index in [0.717, 1.165) is 11.4 Å². The number of carbonyl (C=O) groups is 2. The maximum Gasteiger partial charge on any atom is 0.307 e. The molecule has 1 heterocycles. The van der Waals surface area contributed by atoms with Gasteiger partial charge in [0.2, 0.25) is 5.91 Å². The van der Waals surface area contributed by atoms with Crippen LogP contribution < -0.4 is 0 Å². The molecule has 0 aromatic carbocycles. The molecular formula is C14H20N2O3S. The van der Waals surface area contributed by atoms with Crippen molar-refractivity contribution < 1.29 is 14.7 Å². The van der Waals surface area contributed by atoms with E-state index in [1.165, 1.54) is 0 Å². The molecule has 1 N–H and O–H groups in total. The summed E-state index contributed by atoms with van der Waals surface area (Å²) in [5.74, 6) is -1.71. The monoisotopic (exact) mass is 296 g/mol. The van der Waals surface area contributed by atoms with E-state index in [9.17, 15) is 9.59 Å². The molecule has 1 aliphatic rings. The van der Waals surface area contributed by atoms with Gasteiger partial charge in [-0.15, -0.1) is 11.3 Å². The molecule has 110 valence electrons. The number of nitrogens with zero attached hydrogens (tertiary/aromatic N) is 2. The fraction of sp³-hybridized carbons (Fsp3) is 0.643. The summed E-state index contributed by atoms with van der Waals surface area (Å²) in [6.07, 6.45) is 3.79. The van der Waals surface area contributed by atoms with E-state index in [0.29, 0.717) is 19.4 Å². The number of carboxylic acids is 1. The first-order valence-electron chi connectivity index (χ1n) is 6.92. The molecule has 6 heteroatoms. The van der Waals surface area contributed by atoms with E-state index >= 15 is 0 Å². The first-order chi connectivity index (χ1) is 9.50. The zero-order valence-corrected chi connectivity index (χ0v) is 12.6. The molecular weight excluding hydrogens is 276 g/mol. The molecule has 0 bridgehead atoms. The van der Waals surface area contributed by atoms with Crippen LogP contribution in [-0.2, 0) is 16.0 Å². The van der Waals surface area contributed by atoms with Crippen molar-refractivity contribution in [1.82, 2.24) is 9.88 Å². The van der Waals surface area contributed by atoms with Gasteiger partial charge in [0.15, 0.2) is 0 Å². The number of rotatable bonds is 6. The predicted molar refractivity (Wildman–Crippen MR) is 76.5 cm³/mol. The lowest BCUT2D eigenvalue weighted by Gasteiger charge is -2.38. The third-order valence-electron chi connectivity index (χ3n) is 3.87. The van der Waals surface area contributed by atoms with Gasteiger partial charge in [-0.3, -0.25) is 9.59 Å². The second-order valence-corrected chi connectivity index (χ2v) is 6.41. The number of hydrogen-bond acceptors (Lipinski definition) is 4.